The number of fused-ring (bicyclic) bond motifs is 1. The van der Waals surface area contributed by atoms with Gasteiger partial charge in [0.1, 0.15) is 24.2 Å². The van der Waals surface area contributed by atoms with Gasteiger partial charge < -0.3 is 10.1 Å². The number of rotatable bonds is 1. The topological polar surface area (TPSA) is 34.2 Å². The van der Waals surface area contributed by atoms with Crippen LogP contribution < -0.4 is 10.1 Å². The first-order chi connectivity index (χ1) is 8.33. The van der Waals surface area contributed by atoms with E-state index in [0.717, 1.165) is 5.69 Å². The highest BCUT2D eigenvalue weighted by Crippen LogP contribution is 2.33. The van der Waals surface area contributed by atoms with Gasteiger partial charge >= 0.3 is 0 Å². The van der Waals surface area contributed by atoms with Crippen LogP contribution in [0.3, 0.4) is 0 Å². The summed E-state index contributed by atoms with van der Waals surface area (Å²) in [4.78, 5) is 4.26. The third-order valence-electron chi connectivity index (χ3n) is 2.72. The maximum atomic E-state index is 13.1. The molecule has 1 aliphatic heterocycles. The molecule has 1 aromatic heterocycles. The van der Waals surface area contributed by atoms with Gasteiger partial charge in [-0.3, -0.25) is 4.98 Å². The second-order valence-corrected chi connectivity index (χ2v) is 3.90. The molecule has 0 fully saturated rings. The average Bonchev–Trinajstić information content (AvgIpc) is 2.39. The van der Waals surface area contributed by atoms with E-state index in [2.05, 4.69) is 10.3 Å². The van der Waals surface area contributed by atoms with E-state index in [1.807, 2.05) is 18.2 Å². The highest BCUT2D eigenvalue weighted by molar-refractivity contribution is 5.59. The Bertz CT molecular complexity index is 530. The lowest BCUT2D eigenvalue weighted by Gasteiger charge is -2.27. The fraction of sp³-hybridized carbons (Fsp3) is 0.154. The Morgan fingerprint density at radius 1 is 1.29 bits per heavy atom. The van der Waals surface area contributed by atoms with Gasteiger partial charge in [0.15, 0.2) is 0 Å². The largest absolute Gasteiger partial charge is 0.489 e. The van der Waals surface area contributed by atoms with Gasteiger partial charge in [0.2, 0.25) is 0 Å². The zero-order chi connectivity index (χ0) is 11.7. The highest BCUT2D eigenvalue weighted by atomic mass is 19.1. The van der Waals surface area contributed by atoms with Gasteiger partial charge in [-0.05, 0) is 24.3 Å². The molecular weight excluding hydrogens is 219 g/mol. The lowest BCUT2D eigenvalue weighted by molar-refractivity contribution is 0.284. The van der Waals surface area contributed by atoms with Gasteiger partial charge in [0.05, 0.1) is 11.4 Å². The first-order valence-electron chi connectivity index (χ1n) is 5.43. The van der Waals surface area contributed by atoms with Crippen molar-refractivity contribution >= 4 is 5.69 Å². The SMILES string of the molecule is Fc1ccc2c(c1)NC(c1ccccn1)CO2. The van der Waals surface area contributed by atoms with E-state index >= 15 is 0 Å². The van der Waals surface area contributed by atoms with Crippen molar-refractivity contribution in [3.05, 3.63) is 54.1 Å². The number of hydrogen-bond donors (Lipinski definition) is 1. The second kappa shape index (κ2) is 4.05. The molecule has 1 aliphatic rings. The molecule has 4 heteroatoms. The van der Waals surface area contributed by atoms with Crippen LogP contribution in [0.1, 0.15) is 11.7 Å². The summed E-state index contributed by atoms with van der Waals surface area (Å²) in [5.41, 5.74) is 1.56. The summed E-state index contributed by atoms with van der Waals surface area (Å²) < 4.78 is 18.7. The quantitative estimate of drug-likeness (QED) is 0.818. The van der Waals surface area contributed by atoms with Crippen LogP contribution in [-0.2, 0) is 0 Å². The first-order valence-corrected chi connectivity index (χ1v) is 5.43. The number of anilines is 1. The summed E-state index contributed by atoms with van der Waals surface area (Å²) >= 11 is 0. The number of ether oxygens (including phenoxy) is 1. The van der Waals surface area contributed by atoms with Crippen LogP contribution in [-0.4, -0.2) is 11.6 Å². The molecular formula is C13H11FN2O. The molecule has 1 unspecified atom stereocenters. The molecule has 0 saturated carbocycles. The Morgan fingerprint density at radius 2 is 2.24 bits per heavy atom. The van der Waals surface area contributed by atoms with Gasteiger partial charge in [-0.1, -0.05) is 6.07 Å². The molecule has 0 aliphatic carbocycles. The van der Waals surface area contributed by atoms with E-state index in [1.165, 1.54) is 12.1 Å². The lowest BCUT2D eigenvalue weighted by atomic mass is 10.1. The maximum absolute atomic E-state index is 13.1. The average molecular weight is 230 g/mol. The molecule has 1 N–H and O–H groups in total. The molecule has 3 nitrogen and oxygen atoms in total. The number of benzene rings is 1. The van der Waals surface area contributed by atoms with E-state index in [0.29, 0.717) is 18.0 Å². The molecule has 0 radical (unpaired) electrons. The number of pyridine rings is 1. The molecule has 0 bridgehead atoms. The number of aromatic nitrogens is 1. The Balaban J connectivity index is 1.90. The third kappa shape index (κ3) is 1.93. The molecule has 1 aromatic carbocycles. The first kappa shape index (κ1) is 10.1. The van der Waals surface area contributed by atoms with Crippen LogP contribution >= 0.6 is 0 Å². The smallest absolute Gasteiger partial charge is 0.142 e. The van der Waals surface area contributed by atoms with Crippen molar-refractivity contribution in [1.82, 2.24) is 4.98 Å². The van der Waals surface area contributed by atoms with E-state index in [-0.39, 0.29) is 11.9 Å². The predicted octanol–water partition coefficient (Wildman–Crippen LogP) is 2.77. The summed E-state index contributed by atoms with van der Waals surface area (Å²) in [6, 6.07) is 10.1. The second-order valence-electron chi connectivity index (χ2n) is 3.90. The van der Waals surface area contributed by atoms with E-state index in [1.54, 1.807) is 12.3 Å². The van der Waals surface area contributed by atoms with Crippen molar-refractivity contribution < 1.29 is 9.13 Å². The van der Waals surface area contributed by atoms with Crippen LogP contribution in [0.4, 0.5) is 10.1 Å². The molecule has 2 heterocycles. The fourth-order valence-corrected chi connectivity index (χ4v) is 1.88. The van der Waals surface area contributed by atoms with Gasteiger partial charge in [0.25, 0.3) is 0 Å². The Labute approximate surface area is 98.3 Å². The minimum Gasteiger partial charge on any atom is -0.489 e. The van der Waals surface area contributed by atoms with E-state index in [9.17, 15) is 4.39 Å². The molecule has 2 aromatic rings. The van der Waals surface area contributed by atoms with Gasteiger partial charge in [0, 0.05) is 12.3 Å². The molecule has 0 saturated heterocycles. The van der Waals surface area contributed by atoms with E-state index < -0.39 is 0 Å². The molecule has 86 valence electrons. The fourth-order valence-electron chi connectivity index (χ4n) is 1.88. The molecule has 0 amide bonds. The number of nitrogens with one attached hydrogen (secondary N) is 1. The van der Waals surface area contributed by atoms with Crippen LogP contribution in [0, 0.1) is 5.82 Å². The minimum atomic E-state index is -0.276. The maximum Gasteiger partial charge on any atom is 0.142 e. The molecule has 3 rings (SSSR count). The highest BCUT2D eigenvalue weighted by Gasteiger charge is 2.21. The van der Waals surface area contributed by atoms with Crippen molar-refractivity contribution in [3.63, 3.8) is 0 Å². The monoisotopic (exact) mass is 230 g/mol. The van der Waals surface area contributed by atoms with Crippen molar-refractivity contribution in [1.29, 1.82) is 0 Å². The summed E-state index contributed by atoms with van der Waals surface area (Å²) in [5.74, 6) is 0.403. The zero-order valence-corrected chi connectivity index (χ0v) is 9.06. The van der Waals surface area contributed by atoms with Crippen LogP contribution in [0.25, 0.3) is 0 Å². The minimum absolute atomic E-state index is 0.0366. The van der Waals surface area contributed by atoms with Gasteiger partial charge in [-0.25, -0.2) is 4.39 Å². The number of hydrogen-bond acceptors (Lipinski definition) is 3. The van der Waals surface area contributed by atoms with Crippen molar-refractivity contribution in [2.75, 3.05) is 11.9 Å². The van der Waals surface area contributed by atoms with Crippen molar-refractivity contribution in [2.24, 2.45) is 0 Å². The number of halogens is 1. The Kier molecular flexibility index (Phi) is 2.40. The van der Waals surface area contributed by atoms with E-state index in [4.69, 9.17) is 4.74 Å². The molecule has 1 atom stereocenters. The predicted molar refractivity (Wildman–Crippen MR) is 62.5 cm³/mol. The van der Waals surface area contributed by atoms with Gasteiger partial charge in [-0.2, -0.15) is 0 Å². The lowest BCUT2D eigenvalue weighted by Crippen LogP contribution is -2.24. The van der Waals surface area contributed by atoms with Crippen LogP contribution in [0.5, 0.6) is 5.75 Å². The normalized spacial score (nSPS) is 17.8. The third-order valence-corrected chi connectivity index (χ3v) is 2.72. The summed E-state index contributed by atoms with van der Waals surface area (Å²) in [5, 5.41) is 3.23. The van der Waals surface area contributed by atoms with Crippen molar-refractivity contribution in [3.8, 4) is 5.75 Å². The van der Waals surface area contributed by atoms with Crippen LogP contribution in [0.2, 0.25) is 0 Å². The van der Waals surface area contributed by atoms with Gasteiger partial charge in [-0.15, -0.1) is 0 Å². The molecule has 17 heavy (non-hydrogen) atoms. The van der Waals surface area contributed by atoms with Crippen molar-refractivity contribution in [2.45, 2.75) is 6.04 Å². The summed E-state index contributed by atoms with van der Waals surface area (Å²) in [6.45, 7) is 0.496. The summed E-state index contributed by atoms with van der Waals surface area (Å²) in [7, 11) is 0. The number of nitrogens with zero attached hydrogens (tertiary/aromatic N) is 1. The Hall–Kier alpha value is -2.10. The zero-order valence-electron chi connectivity index (χ0n) is 9.06. The Morgan fingerprint density at radius 3 is 3.06 bits per heavy atom. The molecule has 0 spiro atoms. The standard InChI is InChI=1S/C13H11FN2O/c14-9-4-5-13-11(7-9)16-12(8-17-13)10-3-1-2-6-15-10/h1-7,12,16H,8H2. The van der Waals surface area contributed by atoms with Crippen LogP contribution in [0.15, 0.2) is 42.6 Å². The summed E-state index contributed by atoms with van der Waals surface area (Å²) in [6.07, 6.45) is 1.73.